The molecule has 0 aliphatic rings. The largest absolute Gasteiger partial charge is 0.496 e. The third-order valence-corrected chi connectivity index (χ3v) is 3.67. The molecule has 0 heterocycles. The van der Waals surface area contributed by atoms with Crippen LogP contribution < -0.4 is 15.4 Å². The van der Waals surface area contributed by atoms with Crippen LogP contribution in [-0.2, 0) is 17.9 Å². The quantitative estimate of drug-likeness (QED) is 0.257. The predicted octanol–water partition coefficient (Wildman–Crippen LogP) is 3.47. The summed E-state index contributed by atoms with van der Waals surface area (Å²) < 4.78 is 37.7. The van der Waals surface area contributed by atoms with E-state index >= 15 is 0 Å². The van der Waals surface area contributed by atoms with Crippen molar-refractivity contribution in [3.8, 4) is 5.75 Å². The smallest absolute Gasteiger partial charge is 0.191 e. The summed E-state index contributed by atoms with van der Waals surface area (Å²) in [6, 6.07) is 11.0. The summed E-state index contributed by atoms with van der Waals surface area (Å²) in [7, 11) is 3.23. The van der Waals surface area contributed by atoms with Gasteiger partial charge in [0, 0.05) is 31.3 Å². The van der Waals surface area contributed by atoms with Gasteiger partial charge in [0.25, 0.3) is 0 Å². The minimum absolute atomic E-state index is 0. The number of methoxy groups -OCH3 is 1. The number of hydrogen-bond donors (Lipinski definition) is 2. The molecule has 2 N–H and O–H groups in total. The standard InChI is InChI=1S/C19H23F2N3O2.HI/c1-22-19(24-12-15-11-16(20)7-8-17(15)21)23-9-10-26-13-14-5-3-4-6-18(14)25-2;/h3-8,11H,9-10,12-13H2,1-2H3,(H2,22,23,24);1H. The molecule has 0 saturated heterocycles. The number of aliphatic imine (C=N–C) groups is 1. The number of ether oxygens (including phenoxy) is 2. The van der Waals surface area contributed by atoms with Gasteiger partial charge in [0.05, 0.1) is 20.3 Å². The van der Waals surface area contributed by atoms with E-state index in [4.69, 9.17) is 9.47 Å². The van der Waals surface area contributed by atoms with E-state index in [2.05, 4.69) is 15.6 Å². The van der Waals surface area contributed by atoms with Crippen molar-refractivity contribution in [2.45, 2.75) is 13.2 Å². The highest BCUT2D eigenvalue weighted by molar-refractivity contribution is 14.0. The van der Waals surface area contributed by atoms with Gasteiger partial charge in [0.2, 0.25) is 0 Å². The first kappa shape index (κ1) is 23.1. The summed E-state index contributed by atoms with van der Waals surface area (Å²) in [6.07, 6.45) is 0. The van der Waals surface area contributed by atoms with Crippen molar-refractivity contribution in [2.24, 2.45) is 4.99 Å². The van der Waals surface area contributed by atoms with Crippen LogP contribution in [-0.4, -0.2) is 33.3 Å². The Morgan fingerprint density at radius 3 is 2.59 bits per heavy atom. The Hall–Kier alpha value is -1.94. The Labute approximate surface area is 175 Å². The number of benzene rings is 2. The van der Waals surface area contributed by atoms with Crippen LogP contribution in [0.15, 0.2) is 47.5 Å². The van der Waals surface area contributed by atoms with E-state index in [9.17, 15) is 8.78 Å². The number of nitrogens with zero attached hydrogens (tertiary/aromatic N) is 1. The maximum absolute atomic E-state index is 13.6. The number of hydrogen-bond acceptors (Lipinski definition) is 3. The van der Waals surface area contributed by atoms with Crippen LogP contribution in [0.4, 0.5) is 8.78 Å². The molecule has 0 unspecified atom stereocenters. The molecule has 0 amide bonds. The molecule has 0 fully saturated rings. The zero-order valence-corrected chi connectivity index (χ0v) is 17.6. The maximum atomic E-state index is 13.6. The molecule has 5 nitrogen and oxygen atoms in total. The summed E-state index contributed by atoms with van der Waals surface area (Å²) in [6.45, 7) is 1.53. The molecule has 0 aliphatic carbocycles. The van der Waals surface area contributed by atoms with Crippen LogP contribution >= 0.6 is 24.0 Å². The van der Waals surface area contributed by atoms with Gasteiger partial charge in [0.15, 0.2) is 5.96 Å². The van der Waals surface area contributed by atoms with Gasteiger partial charge in [-0.3, -0.25) is 4.99 Å². The van der Waals surface area contributed by atoms with Gasteiger partial charge in [0.1, 0.15) is 17.4 Å². The van der Waals surface area contributed by atoms with Gasteiger partial charge in [-0.05, 0) is 24.3 Å². The van der Waals surface area contributed by atoms with E-state index in [1.54, 1.807) is 14.2 Å². The highest BCUT2D eigenvalue weighted by Gasteiger charge is 2.05. The maximum Gasteiger partial charge on any atom is 0.191 e. The number of nitrogens with one attached hydrogen (secondary N) is 2. The van der Waals surface area contributed by atoms with Gasteiger partial charge >= 0.3 is 0 Å². The molecule has 0 bridgehead atoms. The average Bonchev–Trinajstić information content (AvgIpc) is 2.66. The lowest BCUT2D eigenvalue weighted by molar-refractivity contribution is 0.123. The number of rotatable bonds is 8. The fourth-order valence-corrected chi connectivity index (χ4v) is 2.32. The van der Waals surface area contributed by atoms with Crippen molar-refractivity contribution < 1.29 is 18.3 Å². The third kappa shape index (κ3) is 7.67. The molecule has 8 heteroatoms. The lowest BCUT2D eigenvalue weighted by Gasteiger charge is -2.13. The van der Waals surface area contributed by atoms with Crippen LogP contribution in [0.5, 0.6) is 5.75 Å². The van der Waals surface area contributed by atoms with E-state index in [-0.39, 0.29) is 36.1 Å². The highest BCUT2D eigenvalue weighted by Crippen LogP contribution is 2.17. The fraction of sp³-hybridized carbons (Fsp3) is 0.316. The van der Waals surface area contributed by atoms with Gasteiger partial charge < -0.3 is 20.1 Å². The van der Waals surface area contributed by atoms with Crippen molar-refractivity contribution in [3.05, 3.63) is 65.2 Å². The minimum atomic E-state index is -0.476. The molecule has 2 aromatic carbocycles. The molecule has 0 aliphatic heterocycles. The molecule has 148 valence electrons. The summed E-state index contributed by atoms with van der Waals surface area (Å²) in [5, 5.41) is 5.99. The fourth-order valence-electron chi connectivity index (χ4n) is 2.32. The first-order chi connectivity index (χ1) is 12.6. The molecule has 2 rings (SSSR count). The Balaban J connectivity index is 0.00000364. The second kappa shape index (κ2) is 12.4. The molecule has 0 saturated carbocycles. The average molecular weight is 491 g/mol. The van der Waals surface area contributed by atoms with Crippen LogP contribution in [0.1, 0.15) is 11.1 Å². The monoisotopic (exact) mass is 491 g/mol. The molecule has 0 spiro atoms. The SMILES string of the molecule is CN=C(NCCOCc1ccccc1OC)NCc1cc(F)ccc1F.I. The van der Waals surface area contributed by atoms with Crippen molar-refractivity contribution in [1.29, 1.82) is 0 Å². The molecule has 27 heavy (non-hydrogen) atoms. The van der Waals surface area contributed by atoms with Gasteiger partial charge in [-0.2, -0.15) is 0 Å². The molecule has 0 aromatic heterocycles. The zero-order chi connectivity index (χ0) is 18.8. The highest BCUT2D eigenvalue weighted by atomic mass is 127. The minimum Gasteiger partial charge on any atom is -0.496 e. The van der Waals surface area contributed by atoms with E-state index in [1.807, 2.05) is 24.3 Å². The molecule has 0 atom stereocenters. The van der Waals surface area contributed by atoms with Crippen LogP contribution in [0, 0.1) is 11.6 Å². The number of para-hydroxylation sites is 1. The number of guanidine groups is 1. The summed E-state index contributed by atoms with van der Waals surface area (Å²) in [5.74, 6) is 0.329. The van der Waals surface area contributed by atoms with Crippen molar-refractivity contribution in [2.75, 3.05) is 27.3 Å². The van der Waals surface area contributed by atoms with Crippen molar-refractivity contribution in [1.82, 2.24) is 10.6 Å². The predicted molar refractivity (Wildman–Crippen MR) is 113 cm³/mol. The summed E-state index contributed by atoms with van der Waals surface area (Å²) in [4.78, 5) is 4.04. The lowest BCUT2D eigenvalue weighted by Crippen LogP contribution is -2.38. The van der Waals surface area contributed by atoms with Crippen LogP contribution in [0.25, 0.3) is 0 Å². The second-order valence-electron chi connectivity index (χ2n) is 5.45. The Morgan fingerprint density at radius 1 is 1.07 bits per heavy atom. The van der Waals surface area contributed by atoms with E-state index in [0.717, 1.165) is 29.5 Å². The Bertz CT molecular complexity index is 745. The van der Waals surface area contributed by atoms with Crippen LogP contribution in [0.2, 0.25) is 0 Å². The Morgan fingerprint density at radius 2 is 1.85 bits per heavy atom. The van der Waals surface area contributed by atoms with Gasteiger partial charge in [-0.1, -0.05) is 18.2 Å². The van der Waals surface area contributed by atoms with Crippen molar-refractivity contribution >= 4 is 29.9 Å². The molecule has 0 radical (unpaired) electrons. The van der Waals surface area contributed by atoms with Crippen molar-refractivity contribution in [3.63, 3.8) is 0 Å². The first-order valence-corrected chi connectivity index (χ1v) is 8.22. The van der Waals surface area contributed by atoms with E-state index < -0.39 is 11.6 Å². The third-order valence-electron chi connectivity index (χ3n) is 3.67. The van der Waals surface area contributed by atoms with Crippen LogP contribution in [0.3, 0.4) is 0 Å². The molecular weight excluding hydrogens is 467 g/mol. The number of halogens is 3. The zero-order valence-electron chi connectivity index (χ0n) is 15.3. The van der Waals surface area contributed by atoms with E-state index in [1.165, 1.54) is 0 Å². The second-order valence-corrected chi connectivity index (χ2v) is 5.45. The molecular formula is C19H24F2IN3O2. The van der Waals surface area contributed by atoms with Gasteiger partial charge in [-0.15, -0.1) is 24.0 Å². The summed E-state index contributed by atoms with van der Waals surface area (Å²) in [5.41, 5.74) is 1.21. The lowest BCUT2D eigenvalue weighted by atomic mass is 10.2. The Kier molecular flexibility index (Phi) is 10.6. The van der Waals surface area contributed by atoms with Gasteiger partial charge in [-0.25, -0.2) is 8.78 Å². The molecule has 2 aromatic rings. The summed E-state index contributed by atoms with van der Waals surface area (Å²) >= 11 is 0. The van der Waals surface area contributed by atoms with E-state index in [0.29, 0.717) is 25.7 Å². The normalized spacial score (nSPS) is 10.9. The topological polar surface area (TPSA) is 54.9 Å². The first-order valence-electron chi connectivity index (χ1n) is 8.22.